The Morgan fingerprint density at radius 1 is 1.11 bits per heavy atom. The van der Waals surface area contributed by atoms with Crippen LogP contribution in [0.25, 0.3) is 0 Å². The summed E-state index contributed by atoms with van der Waals surface area (Å²) in [4.78, 5) is 26.5. The lowest BCUT2D eigenvalue weighted by molar-refractivity contribution is -0.135. The summed E-state index contributed by atoms with van der Waals surface area (Å²) in [6.45, 7) is 2.31. The number of esters is 1. The number of nitrogens with one attached hydrogen (secondary N) is 3. The molecule has 0 radical (unpaired) electrons. The maximum Gasteiger partial charge on any atom is 0.425 e. The van der Waals surface area contributed by atoms with Gasteiger partial charge >= 0.3 is 18.2 Å². The van der Waals surface area contributed by atoms with E-state index < -0.39 is 23.1 Å². The monoisotopic (exact) mass is 531 g/mol. The van der Waals surface area contributed by atoms with E-state index in [9.17, 15) is 22.8 Å². The molecule has 3 aliphatic heterocycles. The van der Waals surface area contributed by atoms with Gasteiger partial charge in [0.1, 0.15) is 16.0 Å². The molecule has 2 aromatic heterocycles. The third-order valence-corrected chi connectivity index (χ3v) is 8.57. The lowest BCUT2D eigenvalue weighted by Crippen LogP contribution is -2.30. The number of anilines is 1. The van der Waals surface area contributed by atoms with E-state index >= 15 is 0 Å². The normalized spacial score (nSPS) is 19.7. The fourth-order valence-electron chi connectivity index (χ4n) is 4.48. The van der Waals surface area contributed by atoms with Crippen LogP contribution in [0.2, 0.25) is 0 Å². The van der Waals surface area contributed by atoms with E-state index in [1.54, 1.807) is 0 Å². The average Bonchev–Trinajstić information content (AvgIpc) is 3.54. The van der Waals surface area contributed by atoms with Crippen LogP contribution >= 0.6 is 22.7 Å². The number of hydrogen-bond acceptors (Lipinski definition) is 8. The minimum atomic E-state index is -4.50. The summed E-state index contributed by atoms with van der Waals surface area (Å²) < 4.78 is 57.2. The SMILES string of the molecule is O=C(NCc1c(C(F)(F)F)sc2c1CCNC2)Nc1sc2c(c1C(=O)OC1CCOC1)CCOC2. The van der Waals surface area contributed by atoms with Gasteiger partial charge in [-0.1, -0.05) is 0 Å². The molecule has 2 aromatic rings. The number of alkyl halides is 3. The molecule has 190 valence electrons. The Morgan fingerprint density at radius 2 is 1.97 bits per heavy atom. The zero-order chi connectivity index (χ0) is 24.6. The largest absolute Gasteiger partial charge is 0.456 e. The fraction of sp³-hybridized carbons (Fsp3) is 0.545. The number of amides is 2. The van der Waals surface area contributed by atoms with Gasteiger partial charge < -0.3 is 24.8 Å². The van der Waals surface area contributed by atoms with E-state index in [2.05, 4.69) is 16.0 Å². The molecular formula is C22H24F3N3O5S2. The molecule has 1 fully saturated rings. The lowest BCUT2D eigenvalue weighted by Gasteiger charge is -2.16. The highest BCUT2D eigenvalue weighted by atomic mass is 32.1. The van der Waals surface area contributed by atoms with E-state index in [0.29, 0.717) is 74.2 Å². The molecule has 8 nitrogen and oxygen atoms in total. The van der Waals surface area contributed by atoms with Crippen LogP contribution in [0.1, 0.15) is 48.1 Å². The van der Waals surface area contributed by atoms with Crippen molar-refractivity contribution in [3.05, 3.63) is 36.9 Å². The minimum Gasteiger partial charge on any atom is -0.456 e. The second kappa shape index (κ2) is 10.1. The molecule has 3 N–H and O–H groups in total. The van der Waals surface area contributed by atoms with Gasteiger partial charge in [0, 0.05) is 29.3 Å². The number of fused-ring (bicyclic) bond motifs is 2. The highest BCUT2D eigenvalue weighted by Crippen LogP contribution is 2.42. The number of hydrogen-bond donors (Lipinski definition) is 3. The topological polar surface area (TPSA) is 97.9 Å². The molecule has 0 aliphatic carbocycles. The molecule has 0 bridgehead atoms. The van der Waals surface area contributed by atoms with E-state index in [1.807, 2.05) is 0 Å². The average molecular weight is 532 g/mol. The van der Waals surface area contributed by atoms with E-state index in [4.69, 9.17) is 14.2 Å². The molecule has 1 saturated heterocycles. The summed E-state index contributed by atoms with van der Waals surface area (Å²) >= 11 is 1.94. The van der Waals surface area contributed by atoms with Gasteiger partial charge in [0.2, 0.25) is 0 Å². The summed E-state index contributed by atoms with van der Waals surface area (Å²) in [6.07, 6.45) is -3.26. The van der Waals surface area contributed by atoms with Gasteiger partial charge in [0.25, 0.3) is 0 Å². The highest BCUT2D eigenvalue weighted by molar-refractivity contribution is 7.17. The number of carbonyl (C=O) groups excluding carboxylic acids is 2. The zero-order valence-electron chi connectivity index (χ0n) is 18.6. The molecule has 1 unspecified atom stereocenters. The number of carbonyl (C=O) groups is 2. The first-order chi connectivity index (χ1) is 16.8. The summed E-state index contributed by atoms with van der Waals surface area (Å²) in [5, 5.41) is 8.60. The van der Waals surface area contributed by atoms with Crippen molar-refractivity contribution in [3.8, 4) is 0 Å². The molecule has 1 atom stereocenters. The van der Waals surface area contributed by atoms with E-state index in [0.717, 1.165) is 21.8 Å². The Kier molecular flexibility index (Phi) is 7.04. The van der Waals surface area contributed by atoms with Crippen molar-refractivity contribution in [1.29, 1.82) is 0 Å². The van der Waals surface area contributed by atoms with Gasteiger partial charge in [-0.2, -0.15) is 13.2 Å². The molecule has 5 rings (SSSR count). The van der Waals surface area contributed by atoms with Gasteiger partial charge in [-0.25, -0.2) is 9.59 Å². The highest BCUT2D eigenvalue weighted by Gasteiger charge is 2.38. The molecule has 13 heteroatoms. The minimum absolute atomic E-state index is 0.105. The van der Waals surface area contributed by atoms with Crippen molar-refractivity contribution in [2.45, 2.75) is 51.2 Å². The molecule has 0 saturated carbocycles. The van der Waals surface area contributed by atoms with Crippen molar-refractivity contribution in [2.24, 2.45) is 0 Å². The number of rotatable bonds is 5. The fourth-order valence-corrected chi connectivity index (χ4v) is 6.86. The maximum absolute atomic E-state index is 13.6. The van der Waals surface area contributed by atoms with Gasteiger partial charge in [0.05, 0.1) is 32.0 Å². The van der Waals surface area contributed by atoms with Gasteiger partial charge in [0.15, 0.2) is 0 Å². The first kappa shape index (κ1) is 24.5. The van der Waals surface area contributed by atoms with Crippen molar-refractivity contribution < 1.29 is 37.0 Å². The Labute approximate surface area is 207 Å². The van der Waals surface area contributed by atoms with Crippen LogP contribution in [0.15, 0.2) is 0 Å². The second-order valence-corrected chi connectivity index (χ2v) is 10.7. The van der Waals surface area contributed by atoms with Crippen LogP contribution < -0.4 is 16.0 Å². The van der Waals surface area contributed by atoms with Crippen LogP contribution in [-0.2, 0) is 52.9 Å². The van der Waals surface area contributed by atoms with Gasteiger partial charge in [-0.3, -0.25) is 5.32 Å². The number of halogens is 3. The van der Waals surface area contributed by atoms with Crippen LogP contribution in [0.4, 0.5) is 23.0 Å². The summed E-state index contributed by atoms with van der Waals surface area (Å²) in [5.41, 5.74) is 1.81. The predicted molar refractivity (Wildman–Crippen MR) is 123 cm³/mol. The molecule has 2 amide bonds. The first-order valence-corrected chi connectivity index (χ1v) is 12.9. The van der Waals surface area contributed by atoms with Gasteiger partial charge in [-0.15, -0.1) is 22.7 Å². The van der Waals surface area contributed by atoms with Crippen LogP contribution in [0.3, 0.4) is 0 Å². The van der Waals surface area contributed by atoms with Crippen LogP contribution in [-0.4, -0.2) is 44.5 Å². The molecule has 0 spiro atoms. The lowest BCUT2D eigenvalue weighted by atomic mass is 10.0. The number of thiophene rings is 2. The predicted octanol–water partition coefficient (Wildman–Crippen LogP) is 3.81. The molecular weight excluding hydrogens is 507 g/mol. The molecule has 0 aromatic carbocycles. The summed E-state index contributed by atoms with van der Waals surface area (Å²) in [7, 11) is 0. The number of urea groups is 1. The Balaban J connectivity index is 1.33. The maximum atomic E-state index is 13.6. The quantitative estimate of drug-likeness (QED) is 0.508. The van der Waals surface area contributed by atoms with Crippen LogP contribution in [0.5, 0.6) is 0 Å². The van der Waals surface area contributed by atoms with Crippen molar-refractivity contribution in [2.75, 3.05) is 31.7 Å². The summed E-state index contributed by atoms with van der Waals surface area (Å²) in [5.74, 6) is -0.547. The second-order valence-electron chi connectivity index (χ2n) is 8.45. The number of ether oxygens (including phenoxy) is 3. The van der Waals surface area contributed by atoms with Crippen molar-refractivity contribution in [3.63, 3.8) is 0 Å². The smallest absolute Gasteiger partial charge is 0.425 e. The Hall–Kier alpha value is -2.19. The third-order valence-electron chi connectivity index (χ3n) is 6.13. The molecule has 35 heavy (non-hydrogen) atoms. The molecule has 5 heterocycles. The standard InChI is InChI=1S/C22H24F3N3O5S2/c23-22(24,25)18-14(12-1-4-26-8-15(12)34-18)7-27-21(30)28-19-17(13-3-6-32-10-16(13)35-19)20(29)33-11-2-5-31-9-11/h11,26H,1-10H2,(H2,27,28,30). The van der Waals surface area contributed by atoms with Crippen molar-refractivity contribution >= 4 is 39.7 Å². The third kappa shape index (κ3) is 5.19. The van der Waals surface area contributed by atoms with Crippen LogP contribution in [0, 0.1) is 0 Å². The van der Waals surface area contributed by atoms with Crippen molar-refractivity contribution in [1.82, 2.24) is 10.6 Å². The molecule has 3 aliphatic rings. The Morgan fingerprint density at radius 3 is 2.74 bits per heavy atom. The summed E-state index contributed by atoms with van der Waals surface area (Å²) in [6, 6.07) is -0.690. The van der Waals surface area contributed by atoms with Gasteiger partial charge in [-0.05, 0) is 36.1 Å². The van der Waals surface area contributed by atoms with E-state index in [1.165, 1.54) is 11.3 Å². The zero-order valence-corrected chi connectivity index (χ0v) is 20.3. The first-order valence-electron chi connectivity index (χ1n) is 11.3. The van der Waals surface area contributed by atoms with E-state index in [-0.39, 0.29) is 23.8 Å². The Bertz CT molecular complexity index is 1120.